The summed E-state index contributed by atoms with van der Waals surface area (Å²) in [6.07, 6.45) is 5.71. The smallest absolute Gasteiger partial charge is 0.330 e. The highest BCUT2D eigenvalue weighted by Crippen LogP contribution is 2.22. The van der Waals surface area contributed by atoms with Gasteiger partial charge < -0.3 is 14.9 Å². The van der Waals surface area contributed by atoms with Crippen molar-refractivity contribution in [2.75, 3.05) is 6.61 Å². The van der Waals surface area contributed by atoms with Crippen molar-refractivity contribution >= 4 is 18.2 Å². The molecule has 0 saturated carbocycles. The molecule has 118 valence electrons. The first-order valence-electron chi connectivity index (χ1n) is 7.18. The van der Waals surface area contributed by atoms with Gasteiger partial charge in [0, 0.05) is 24.8 Å². The van der Waals surface area contributed by atoms with E-state index in [4.69, 9.17) is 14.9 Å². The van der Waals surface area contributed by atoms with E-state index in [-0.39, 0.29) is 0 Å². The molecule has 0 unspecified atom stereocenters. The summed E-state index contributed by atoms with van der Waals surface area (Å²) in [6, 6.07) is 5.41. The van der Waals surface area contributed by atoms with Crippen molar-refractivity contribution in [1.29, 1.82) is 5.41 Å². The summed E-state index contributed by atoms with van der Waals surface area (Å²) in [6.45, 7) is 5.05. The number of hydrogen-bond donors (Lipinski definition) is 1. The number of aryl methyl sites for hydroxylation is 1. The maximum Gasteiger partial charge on any atom is 0.330 e. The van der Waals surface area contributed by atoms with Gasteiger partial charge in [-0.3, -0.25) is 4.79 Å². The van der Waals surface area contributed by atoms with E-state index < -0.39 is 11.9 Å². The van der Waals surface area contributed by atoms with E-state index in [1.807, 2.05) is 12.1 Å². The highest BCUT2D eigenvalue weighted by atomic mass is 16.5. The van der Waals surface area contributed by atoms with Crippen LogP contribution in [0.2, 0.25) is 0 Å². The van der Waals surface area contributed by atoms with Gasteiger partial charge in [-0.2, -0.15) is 0 Å². The minimum Gasteiger partial charge on any atom is -0.463 e. The average molecular weight is 303 g/mol. The van der Waals surface area contributed by atoms with Gasteiger partial charge in [0.05, 0.1) is 6.61 Å². The van der Waals surface area contributed by atoms with Gasteiger partial charge in [-0.25, -0.2) is 4.79 Å². The summed E-state index contributed by atoms with van der Waals surface area (Å²) in [5.74, 6) is -0.385. The SMILES string of the molecule is C=CC(=O)OCCCCCc1cccc(OC(C)=O)c1C=N. The van der Waals surface area contributed by atoms with Gasteiger partial charge in [0.2, 0.25) is 0 Å². The molecule has 1 aromatic rings. The lowest BCUT2D eigenvalue weighted by Crippen LogP contribution is -2.06. The first-order valence-corrected chi connectivity index (χ1v) is 7.18. The molecule has 0 spiro atoms. The maximum atomic E-state index is 11.1. The molecule has 0 heterocycles. The molecule has 22 heavy (non-hydrogen) atoms. The number of benzene rings is 1. The molecule has 0 aromatic heterocycles. The molecule has 0 aliphatic heterocycles. The van der Waals surface area contributed by atoms with Crippen molar-refractivity contribution in [3.63, 3.8) is 0 Å². The highest BCUT2D eigenvalue weighted by Gasteiger charge is 2.09. The molecule has 1 aromatic carbocycles. The number of nitrogens with one attached hydrogen (secondary N) is 1. The summed E-state index contributed by atoms with van der Waals surface area (Å²) in [5, 5.41) is 7.50. The van der Waals surface area contributed by atoms with Crippen molar-refractivity contribution in [3.05, 3.63) is 42.0 Å². The number of esters is 2. The Balaban J connectivity index is 2.48. The van der Waals surface area contributed by atoms with Crippen molar-refractivity contribution < 1.29 is 19.1 Å². The standard InChI is InChI=1S/C17H21NO4/c1-3-17(20)21-11-6-4-5-8-14-9-7-10-16(15(14)12-18)22-13(2)19/h3,7,9-10,12,18H,1,4-6,8,11H2,2H3. The number of unbranched alkanes of at least 4 members (excludes halogenated alkanes) is 2. The molecule has 0 amide bonds. The van der Waals surface area contributed by atoms with Crippen molar-refractivity contribution in [2.24, 2.45) is 0 Å². The van der Waals surface area contributed by atoms with E-state index in [0.29, 0.717) is 17.9 Å². The Kier molecular flexibility index (Phi) is 7.61. The molecule has 1 N–H and O–H groups in total. The lowest BCUT2D eigenvalue weighted by Gasteiger charge is -2.10. The van der Waals surface area contributed by atoms with Crippen LogP contribution >= 0.6 is 0 Å². The summed E-state index contributed by atoms with van der Waals surface area (Å²) >= 11 is 0. The number of rotatable bonds is 9. The second-order valence-corrected chi connectivity index (χ2v) is 4.75. The number of ether oxygens (including phenoxy) is 2. The summed E-state index contributed by atoms with van der Waals surface area (Å²) in [7, 11) is 0. The molecule has 0 aliphatic rings. The second kappa shape index (κ2) is 9.50. The van der Waals surface area contributed by atoms with Gasteiger partial charge in [-0.15, -0.1) is 0 Å². The van der Waals surface area contributed by atoms with Crippen molar-refractivity contribution in [2.45, 2.75) is 32.6 Å². The van der Waals surface area contributed by atoms with Gasteiger partial charge in [0.1, 0.15) is 5.75 Å². The Morgan fingerprint density at radius 1 is 1.27 bits per heavy atom. The van der Waals surface area contributed by atoms with Gasteiger partial charge in [-0.1, -0.05) is 18.7 Å². The largest absolute Gasteiger partial charge is 0.463 e. The van der Waals surface area contributed by atoms with Crippen LogP contribution in [0.5, 0.6) is 5.75 Å². The van der Waals surface area contributed by atoms with Crippen LogP contribution in [0.15, 0.2) is 30.9 Å². The molecule has 0 saturated heterocycles. The molecule has 0 aliphatic carbocycles. The van der Waals surface area contributed by atoms with Gasteiger partial charge >= 0.3 is 11.9 Å². The number of carbonyl (C=O) groups is 2. The van der Waals surface area contributed by atoms with Gasteiger partial charge in [-0.05, 0) is 37.3 Å². The molecule has 0 bridgehead atoms. The Morgan fingerprint density at radius 3 is 2.68 bits per heavy atom. The Morgan fingerprint density at radius 2 is 2.05 bits per heavy atom. The summed E-state index contributed by atoms with van der Waals surface area (Å²) in [5.41, 5.74) is 1.60. The van der Waals surface area contributed by atoms with Crippen LogP contribution in [0.1, 0.15) is 37.3 Å². The number of carbonyl (C=O) groups excluding carboxylic acids is 2. The van der Waals surface area contributed by atoms with Crippen LogP contribution in [-0.2, 0) is 20.7 Å². The van der Waals surface area contributed by atoms with E-state index in [9.17, 15) is 9.59 Å². The fraction of sp³-hybridized carbons (Fsp3) is 0.353. The third-order valence-corrected chi connectivity index (χ3v) is 3.06. The summed E-state index contributed by atoms with van der Waals surface area (Å²) < 4.78 is 10.0. The second-order valence-electron chi connectivity index (χ2n) is 4.75. The molecule has 0 fully saturated rings. The zero-order valence-electron chi connectivity index (χ0n) is 12.8. The molecule has 5 nitrogen and oxygen atoms in total. The van der Waals surface area contributed by atoms with Crippen LogP contribution in [0.4, 0.5) is 0 Å². The minimum atomic E-state index is -0.403. The Labute approximate surface area is 130 Å². The van der Waals surface area contributed by atoms with Crippen LogP contribution in [0, 0.1) is 5.41 Å². The zero-order chi connectivity index (χ0) is 16.4. The van der Waals surface area contributed by atoms with E-state index in [0.717, 1.165) is 37.3 Å². The van der Waals surface area contributed by atoms with E-state index in [1.165, 1.54) is 13.1 Å². The highest BCUT2D eigenvalue weighted by molar-refractivity contribution is 5.85. The molecule has 5 heteroatoms. The minimum absolute atomic E-state index is 0.385. The number of hydrogen-bond acceptors (Lipinski definition) is 5. The third-order valence-electron chi connectivity index (χ3n) is 3.06. The van der Waals surface area contributed by atoms with Crippen LogP contribution in [-0.4, -0.2) is 24.8 Å². The lowest BCUT2D eigenvalue weighted by atomic mass is 10.0. The third kappa shape index (κ3) is 5.91. The van der Waals surface area contributed by atoms with E-state index in [1.54, 1.807) is 6.07 Å². The predicted molar refractivity (Wildman–Crippen MR) is 84.3 cm³/mol. The van der Waals surface area contributed by atoms with Crippen LogP contribution in [0.3, 0.4) is 0 Å². The van der Waals surface area contributed by atoms with Crippen molar-refractivity contribution in [1.82, 2.24) is 0 Å². The monoisotopic (exact) mass is 303 g/mol. The molecular formula is C17H21NO4. The average Bonchev–Trinajstić information content (AvgIpc) is 2.50. The zero-order valence-corrected chi connectivity index (χ0v) is 12.8. The van der Waals surface area contributed by atoms with E-state index in [2.05, 4.69) is 6.58 Å². The Hall–Kier alpha value is -2.43. The normalized spacial score (nSPS) is 9.86. The fourth-order valence-electron chi connectivity index (χ4n) is 2.04. The quantitative estimate of drug-likeness (QED) is 0.250. The molecule has 0 radical (unpaired) electrons. The molecular weight excluding hydrogens is 282 g/mol. The molecule has 1 rings (SSSR count). The topological polar surface area (TPSA) is 76.5 Å². The molecule has 0 atom stereocenters. The maximum absolute atomic E-state index is 11.1. The predicted octanol–water partition coefficient (Wildman–Crippen LogP) is 3.05. The summed E-state index contributed by atoms with van der Waals surface area (Å²) in [4.78, 5) is 21.9. The van der Waals surface area contributed by atoms with Gasteiger partial charge in [0.25, 0.3) is 0 Å². The van der Waals surface area contributed by atoms with Gasteiger partial charge in [0.15, 0.2) is 0 Å². The Bertz CT molecular complexity index is 552. The van der Waals surface area contributed by atoms with E-state index >= 15 is 0 Å². The van der Waals surface area contributed by atoms with Crippen molar-refractivity contribution in [3.8, 4) is 5.75 Å². The van der Waals surface area contributed by atoms with Crippen LogP contribution in [0.25, 0.3) is 0 Å². The lowest BCUT2D eigenvalue weighted by molar-refractivity contribution is -0.138. The first kappa shape index (κ1) is 17.6. The first-order chi connectivity index (χ1) is 10.6. The van der Waals surface area contributed by atoms with Crippen LogP contribution < -0.4 is 4.74 Å². The fourth-order valence-corrected chi connectivity index (χ4v) is 2.04.